The molecule has 1 aliphatic heterocycles. The molecule has 1 aromatic rings. The predicted octanol–water partition coefficient (Wildman–Crippen LogP) is 1.79. The molecular weight excluding hydrogens is 338 g/mol. The molecule has 134 valence electrons. The number of rotatable bonds is 6. The van der Waals surface area contributed by atoms with E-state index in [4.69, 9.17) is 10.5 Å². The number of aromatic nitrogens is 1. The third-order valence-electron chi connectivity index (χ3n) is 5.00. The maximum absolute atomic E-state index is 12.9. The molecule has 6 nitrogen and oxygen atoms in total. The van der Waals surface area contributed by atoms with Crippen LogP contribution in [-0.2, 0) is 4.79 Å². The Morgan fingerprint density at radius 3 is 2.76 bits per heavy atom. The molecule has 2 N–H and O–H groups in total. The monoisotopic (exact) mass is 361 g/mol. The third-order valence-corrected chi connectivity index (χ3v) is 6.02. The first-order valence-electron chi connectivity index (χ1n) is 8.95. The Labute approximate surface area is 151 Å². The zero-order valence-corrected chi connectivity index (χ0v) is 15.0. The van der Waals surface area contributed by atoms with Gasteiger partial charge in [0.2, 0.25) is 11.8 Å². The van der Waals surface area contributed by atoms with Crippen LogP contribution in [0.2, 0.25) is 0 Å². The standard InChI is InChI=1S/C18H23N3O3S/c19-16(22)15-10-25-8-7-21(15)18(23)14-6-5-13(12-3-4-12)17(20-14)24-9-11-1-2-11/h5-6,11-12,15H,1-4,7-10H2,(H2,19,22)/t15-/m0/s1. The molecule has 25 heavy (non-hydrogen) atoms. The van der Waals surface area contributed by atoms with Gasteiger partial charge >= 0.3 is 0 Å². The van der Waals surface area contributed by atoms with E-state index < -0.39 is 11.9 Å². The second-order valence-electron chi connectivity index (χ2n) is 7.11. The number of ether oxygens (including phenoxy) is 1. The number of hydrogen-bond acceptors (Lipinski definition) is 5. The predicted molar refractivity (Wildman–Crippen MR) is 95.8 cm³/mol. The Hall–Kier alpha value is -1.76. The number of nitrogens with zero attached hydrogens (tertiary/aromatic N) is 2. The summed E-state index contributed by atoms with van der Waals surface area (Å²) in [6.07, 6.45) is 4.73. The van der Waals surface area contributed by atoms with Crippen molar-refractivity contribution in [2.45, 2.75) is 37.6 Å². The lowest BCUT2D eigenvalue weighted by Gasteiger charge is -2.33. The summed E-state index contributed by atoms with van der Waals surface area (Å²) in [7, 11) is 0. The number of carbonyl (C=O) groups excluding carboxylic acids is 2. The van der Waals surface area contributed by atoms with Crippen molar-refractivity contribution in [2.75, 3.05) is 24.7 Å². The first-order chi connectivity index (χ1) is 12.1. The highest BCUT2D eigenvalue weighted by atomic mass is 32.2. The molecule has 2 aliphatic carbocycles. The second-order valence-corrected chi connectivity index (χ2v) is 8.26. The van der Waals surface area contributed by atoms with Crippen LogP contribution in [0.4, 0.5) is 0 Å². The minimum atomic E-state index is -0.563. The highest BCUT2D eigenvalue weighted by molar-refractivity contribution is 7.99. The Morgan fingerprint density at radius 2 is 2.08 bits per heavy atom. The van der Waals surface area contributed by atoms with Gasteiger partial charge in [-0.3, -0.25) is 9.59 Å². The molecular formula is C18H23N3O3S. The lowest BCUT2D eigenvalue weighted by atomic mass is 10.1. The number of amides is 2. The first-order valence-corrected chi connectivity index (χ1v) is 10.1. The van der Waals surface area contributed by atoms with E-state index in [0.717, 1.165) is 24.2 Å². The van der Waals surface area contributed by atoms with Crippen LogP contribution in [0.3, 0.4) is 0 Å². The van der Waals surface area contributed by atoms with Crippen molar-refractivity contribution < 1.29 is 14.3 Å². The number of nitrogens with two attached hydrogens (primary N) is 1. The first kappa shape index (κ1) is 16.7. The molecule has 7 heteroatoms. The summed E-state index contributed by atoms with van der Waals surface area (Å²) in [5.41, 5.74) is 6.92. The average Bonchev–Trinajstić information content (AvgIpc) is 3.53. The number of hydrogen-bond donors (Lipinski definition) is 1. The van der Waals surface area contributed by atoms with Crippen LogP contribution in [0, 0.1) is 5.92 Å². The summed E-state index contributed by atoms with van der Waals surface area (Å²) >= 11 is 1.64. The van der Waals surface area contributed by atoms with E-state index in [0.29, 0.717) is 42.3 Å². The Bertz CT molecular complexity index is 688. The van der Waals surface area contributed by atoms with E-state index in [1.165, 1.54) is 12.8 Å². The lowest BCUT2D eigenvalue weighted by Crippen LogP contribution is -2.52. The Balaban J connectivity index is 1.56. The maximum atomic E-state index is 12.9. The minimum absolute atomic E-state index is 0.234. The van der Waals surface area contributed by atoms with Crippen LogP contribution < -0.4 is 10.5 Å². The van der Waals surface area contributed by atoms with Gasteiger partial charge in [-0.1, -0.05) is 6.07 Å². The van der Waals surface area contributed by atoms with Crippen molar-refractivity contribution >= 4 is 23.6 Å². The molecule has 0 unspecified atom stereocenters. The zero-order valence-electron chi connectivity index (χ0n) is 14.1. The number of primary amides is 1. The smallest absolute Gasteiger partial charge is 0.273 e. The summed E-state index contributed by atoms with van der Waals surface area (Å²) < 4.78 is 5.94. The van der Waals surface area contributed by atoms with Crippen LogP contribution in [0.15, 0.2) is 12.1 Å². The highest BCUT2D eigenvalue weighted by Crippen LogP contribution is 2.44. The van der Waals surface area contributed by atoms with Gasteiger partial charge in [-0.05, 0) is 43.6 Å². The summed E-state index contributed by atoms with van der Waals surface area (Å²) in [4.78, 5) is 30.7. The van der Waals surface area contributed by atoms with Crippen molar-refractivity contribution in [1.29, 1.82) is 0 Å². The van der Waals surface area contributed by atoms with Gasteiger partial charge in [-0.15, -0.1) is 0 Å². The van der Waals surface area contributed by atoms with Crippen LogP contribution in [-0.4, -0.2) is 52.4 Å². The van der Waals surface area contributed by atoms with Crippen molar-refractivity contribution in [1.82, 2.24) is 9.88 Å². The molecule has 0 spiro atoms. The van der Waals surface area contributed by atoms with Crippen molar-refractivity contribution in [3.8, 4) is 5.88 Å². The quantitative estimate of drug-likeness (QED) is 0.835. The Kier molecular flexibility index (Phi) is 4.58. The molecule has 0 bridgehead atoms. The van der Waals surface area contributed by atoms with E-state index in [9.17, 15) is 9.59 Å². The molecule has 0 radical (unpaired) electrons. The fraction of sp³-hybridized carbons (Fsp3) is 0.611. The topological polar surface area (TPSA) is 85.5 Å². The van der Waals surface area contributed by atoms with Crippen LogP contribution in [0.25, 0.3) is 0 Å². The minimum Gasteiger partial charge on any atom is -0.477 e. The SMILES string of the molecule is NC(=O)[C@@H]1CSCCN1C(=O)c1ccc(C2CC2)c(OCC2CC2)n1. The largest absolute Gasteiger partial charge is 0.477 e. The van der Waals surface area contributed by atoms with Gasteiger partial charge in [0.25, 0.3) is 5.91 Å². The van der Waals surface area contributed by atoms with Gasteiger partial charge in [-0.25, -0.2) is 4.98 Å². The molecule has 3 aliphatic rings. The van der Waals surface area contributed by atoms with E-state index in [2.05, 4.69) is 4.98 Å². The summed E-state index contributed by atoms with van der Waals surface area (Å²) in [6.45, 7) is 1.19. The fourth-order valence-corrected chi connectivity index (χ4v) is 4.16. The molecule has 2 heterocycles. The molecule has 1 atom stereocenters. The molecule has 4 rings (SSSR count). The molecule has 3 fully saturated rings. The normalized spacial score (nSPS) is 23.4. The maximum Gasteiger partial charge on any atom is 0.273 e. The van der Waals surface area contributed by atoms with E-state index in [-0.39, 0.29) is 5.91 Å². The number of carbonyl (C=O) groups is 2. The molecule has 1 saturated heterocycles. The van der Waals surface area contributed by atoms with Crippen molar-refractivity contribution in [3.05, 3.63) is 23.4 Å². The van der Waals surface area contributed by atoms with E-state index in [1.807, 2.05) is 6.07 Å². The molecule has 2 amide bonds. The summed E-state index contributed by atoms with van der Waals surface area (Å²) in [5, 5.41) is 0. The van der Waals surface area contributed by atoms with E-state index >= 15 is 0 Å². The van der Waals surface area contributed by atoms with Gasteiger partial charge in [0, 0.05) is 23.6 Å². The number of thioether (sulfide) groups is 1. The van der Waals surface area contributed by atoms with Gasteiger partial charge in [0.1, 0.15) is 11.7 Å². The summed E-state index contributed by atoms with van der Waals surface area (Å²) in [5.74, 6) is 2.40. The molecule has 1 aromatic heterocycles. The van der Waals surface area contributed by atoms with Gasteiger partial charge in [0.15, 0.2) is 0 Å². The van der Waals surface area contributed by atoms with E-state index in [1.54, 1.807) is 22.7 Å². The fourth-order valence-electron chi connectivity index (χ4n) is 3.10. The third kappa shape index (κ3) is 3.76. The molecule has 2 saturated carbocycles. The molecule has 0 aromatic carbocycles. The van der Waals surface area contributed by atoms with Crippen LogP contribution in [0.5, 0.6) is 5.88 Å². The van der Waals surface area contributed by atoms with Crippen LogP contribution >= 0.6 is 11.8 Å². The Morgan fingerprint density at radius 1 is 1.28 bits per heavy atom. The van der Waals surface area contributed by atoms with Crippen molar-refractivity contribution in [2.24, 2.45) is 11.7 Å². The summed E-state index contributed by atoms with van der Waals surface area (Å²) in [6, 6.07) is 3.17. The average molecular weight is 361 g/mol. The van der Waals surface area contributed by atoms with Crippen LogP contribution in [0.1, 0.15) is 47.7 Å². The highest BCUT2D eigenvalue weighted by Gasteiger charge is 2.34. The van der Waals surface area contributed by atoms with Gasteiger partial charge in [0.05, 0.1) is 6.61 Å². The second kappa shape index (κ2) is 6.86. The zero-order chi connectivity index (χ0) is 17.4. The lowest BCUT2D eigenvalue weighted by molar-refractivity contribution is -0.121. The van der Waals surface area contributed by atoms with Crippen molar-refractivity contribution in [3.63, 3.8) is 0 Å². The van der Waals surface area contributed by atoms with Gasteiger partial charge in [-0.2, -0.15) is 11.8 Å². The van der Waals surface area contributed by atoms with Gasteiger partial charge < -0.3 is 15.4 Å². The number of pyridine rings is 1.